The molecule has 3 heterocycles. The third-order valence-corrected chi connectivity index (χ3v) is 4.70. The summed E-state index contributed by atoms with van der Waals surface area (Å²) in [5.74, 6) is 1.57. The molecule has 0 saturated carbocycles. The summed E-state index contributed by atoms with van der Waals surface area (Å²) in [4.78, 5) is 14.5. The molecule has 3 rings (SSSR count). The number of hydrogen-bond acceptors (Lipinski definition) is 6. The van der Waals surface area contributed by atoms with Crippen LogP contribution in [0.4, 0.5) is 11.6 Å². The molecule has 3 aromatic rings. The van der Waals surface area contributed by atoms with E-state index in [0.29, 0.717) is 0 Å². The van der Waals surface area contributed by atoms with Gasteiger partial charge in [0.25, 0.3) is 0 Å². The van der Waals surface area contributed by atoms with Gasteiger partial charge in [-0.1, -0.05) is 6.07 Å². The van der Waals surface area contributed by atoms with E-state index in [0.717, 1.165) is 32.8 Å². The standard InChI is InChI=1S/C17H19N5S/c1-11-7-8-19-16(9-11)22-15-6-4-5-13(21-15)14-10-20-17(23-14)12(2)18-3/h4-10,12,18H,1-3H3,(H,19,21,22). The molecule has 0 fully saturated rings. The predicted octanol–water partition coefficient (Wildman–Crippen LogP) is 3.93. The van der Waals surface area contributed by atoms with Crippen molar-refractivity contribution in [2.75, 3.05) is 12.4 Å². The van der Waals surface area contributed by atoms with Gasteiger partial charge in [0.05, 0.1) is 16.6 Å². The van der Waals surface area contributed by atoms with E-state index in [1.807, 2.05) is 50.5 Å². The van der Waals surface area contributed by atoms with Gasteiger partial charge in [-0.25, -0.2) is 15.0 Å². The lowest BCUT2D eigenvalue weighted by molar-refractivity contribution is 0.647. The van der Waals surface area contributed by atoms with Gasteiger partial charge in [0, 0.05) is 12.4 Å². The van der Waals surface area contributed by atoms with E-state index in [2.05, 4.69) is 32.5 Å². The van der Waals surface area contributed by atoms with Gasteiger partial charge in [-0.2, -0.15) is 0 Å². The van der Waals surface area contributed by atoms with Gasteiger partial charge in [0.15, 0.2) is 0 Å². The molecule has 0 radical (unpaired) electrons. The summed E-state index contributed by atoms with van der Waals surface area (Å²) in [6.07, 6.45) is 3.67. The molecule has 0 amide bonds. The molecule has 0 aliphatic carbocycles. The highest BCUT2D eigenvalue weighted by molar-refractivity contribution is 7.15. The Bertz CT molecular complexity index is 799. The quantitative estimate of drug-likeness (QED) is 0.744. The number of pyridine rings is 2. The Morgan fingerprint density at radius 1 is 1.13 bits per heavy atom. The molecule has 0 aliphatic heterocycles. The summed E-state index contributed by atoms with van der Waals surface area (Å²) in [5, 5.41) is 7.51. The average molecular weight is 325 g/mol. The second kappa shape index (κ2) is 6.85. The van der Waals surface area contributed by atoms with E-state index in [-0.39, 0.29) is 6.04 Å². The summed E-state index contributed by atoms with van der Waals surface area (Å²) in [5.41, 5.74) is 2.07. The molecule has 1 atom stereocenters. The Morgan fingerprint density at radius 3 is 2.78 bits per heavy atom. The van der Waals surface area contributed by atoms with Crippen LogP contribution in [0.2, 0.25) is 0 Å². The Hall–Kier alpha value is -2.31. The predicted molar refractivity (Wildman–Crippen MR) is 95.1 cm³/mol. The van der Waals surface area contributed by atoms with Gasteiger partial charge >= 0.3 is 0 Å². The molecule has 6 heteroatoms. The van der Waals surface area contributed by atoms with E-state index in [9.17, 15) is 0 Å². The van der Waals surface area contributed by atoms with Crippen molar-refractivity contribution in [2.45, 2.75) is 19.9 Å². The molecule has 0 spiro atoms. The van der Waals surface area contributed by atoms with Gasteiger partial charge in [-0.05, 0) is 50.7 Å². The second-order valence-electron chi connectivity index (χ2n) is 5.32. The van der Waals surface area contributed by atoms with Crippen LogP contribution >= 0.6 is 11.3 Å². The van der Waals surface area contributed by atoms with Crippen LogP contribution < -0.4 is 10.6 Å². The first-order chi connectivity index (χ1) is 11.2. The van der Waals surface area contributed by atoms with Crippen LogP contribution in [-0.2, 0) is 0 Å². The SMILES string of the molecule is CNC(C)c1ncc(-c2cccc(Nc3cc(C)ccn3)n2)s1. The lowest BCUT2D eigenvalue weighted by atomic mass is 10.3. The Morgan fingerprint density at radius 2 is 2.00 bits per heavy atom. The summed E-state index contributed by atoms with van der Waals surface area (Å²) in [7, 11) is 1.93. The Balaban J connectivity index is 1.83. The molecule has 5 nitrogen and oxygen atoms in total. The number of anilines is 2. The van der Waals surface area contributed by atoms with Crippen molar-refractivity contribution in [1.29, 1.82) is 0 Å². The number of aromatic nitrogens is 3. The second-order valence-corrected chi connectivity index (χ2v) is 6.39. The molecule has 1 unspecified atom stereocenters. The molecule has 0 saturated heterocycles. The monoisotopic (exact) mass is 325 g/mol. The molecular weight excluding hydrogens is 306 g/mol. The van der Waals surface area contributed by atoms with Crippen LogP contribution in [0.15, 0.2) is 42.7 Å². The molecule has 118 valence electrons. The van der Waals surface area contributed by atoms with Crippen LogP contribution in [0.3, 0.4) is 0 Å². The first-order valence-electron chi connectivity index (χ1n) is 7.46. The van der Waals surface area contributed by atoms with E-state index >= 15 is 0 Å². The fourth-order valence-corrected chi connectivity index (χ4v) is 3.06. The minimum Gasteiger partial charge on any atom is -0.325 e. The van der Waals surface area contributed by atoms with Crippen LogP contribution in [0.1, 0.15) is 23.5 Å². The zero-order chi connectivity index (χ0) is 16.2. The third kappa shape index (κ3) is 3.72. The van der Waals surface area contributed by atoms with Crippen molar-refractivity contribution in [3.8, 4) is 10.6 Å². The molecule has 3 aromatic heterocycles. The zero-order valence-corrected chi connectivity index (χ0v) is 14.2. The summed E-state index contributed by atoms with van der Waals surface area (Å²) < 4.78 is 0. The Kier molecular flexibility index (Phi) is 4.64. The maximum absolute atomic E-state index is 4.67. The van der Waals surface area contributed by atoms with Crippen molar-refractivity contribution in [3.05, 3.63) is 53.3 Å². The van der Waals surface area contributed by atoms with Crippen molar-refractivity contribution >= 4 is 23.0 Å². The number of thiazole rings is 1. The number of nitrogens with zero attached hydrogens (tertiary/aromatic N) is 3. The third-order valence-electron chi connectivity index (χ3n) is 3.50. The molecule has 0 aliphatic rings. The van der Waals surface area contributed by atoms with Crippen LogP contribution in [0.5, 0.6) is 0 Å². The fourth-order valence-electron chi connectivity index (χ4n) is 2.11. The molecular formula is C17H19N5S. The lowest BCUT2D eigenvalue weighted by Crippen LogP contribution is -2.11. The maximum atomic E-state index is 4.67. The largest absolute Gasteiger partial charge is 0.325 e. The molecule has 23 heavy (non-hydrogen) atoms. The van der Waals surface area contributed by atoms with Crippen molar-refractivity contribution in [1.82, 2.24) is 20.3 Å². The topological polar surface area (TPSA) is 62.7 Å². The zero-order valence-electron chi connectivity index (χ0n) is 13.4. The number of rotatable bonds is 5. The minimum absolute atomic E-state index is 0.242. The lowest BCUT2D eigenvalue weighted by Gasteiger charge is -2.06. The van der Waals surface area contributed by atoms with Crippen LogP contribution in [0, 0.1) is 6.92 Å². The smallest absolute Gasteiger partial charge is 0.132 e. The maximum Gasteiger partial charge on any atom is 0.132 e. The van der Waals surface area contributed by atoms with Crippen molar-refractivity contribution in [3.63, 3.8) is 0 Å². The van der Waals surface area contributed by atoms with Crippen LogP contribution in [0.25, 0.3) is 10.6 Å². The summed E-state index contributed by atoms with van der Waals surface area (Å²) in [6, 6.07) is 10.1. The van der Waals surface area contributed by atoms with E-state index in [1.165, 1.54) is 0 Å². The first kappa shape index (κ1) is 15.6. The fraction of sp³-hybridized carbons (Fsp3) is 0.235. The minimum atomic E-state index is 0.242. The van der Waals surface area contributed by atoms with Crippen molar-refractivity contribution in [2.24, 2.45) is 0 Å². The van der Waals surface area contributed by atoms with Gasteiger partial charge in [0.2, 0.25) is 0 Å². The van der Waals surface area contributed by atoms with Crippen molar-refractivity contribution < 1.29 is 0 Å². The molecule has 2 N–H and O–H groups in total. The number of nitrogens with one attached hydrogen (secondary N) is 2. The summed E-state index contributed by atoms with van der Waals surface area (Å²) >= 11 is 1.66. The summed E-state index contributed by atoms with van der Waals surface area (Å²) in [6.45, 7) is 4.13. The van der Waals surface area contributed by atoms with Gasteiger partial charge in [-0.3, -0.25) is 0 Å². The number of hydrogen-bond donors (Lipinski definition) is 2. The highest BCUT2D eigenvalue weighted by atomic mass is 32.1. The van der Waals surface area contributed by atoms with Crippen LogP contribution in [-0.4, -0.2) is 22.0 Å². The first-order valence-corrected chi connectivity index (χ1v) is 8.27. The molecule has 0 aromatic carbocycles. The normalized spacial score (nSPS) is 12.1. The van der Waals surface area contributed by atoms with Gasteiger partial charge in [-0.15, -0.1) is 11.3 Å². The highest BCUT2D eigenvalue weighted by Gasteiger charge is 2.11. The average Bonchev–Trinajstić information content (AvgIpc) is 3.04. The van der Waals surface area contributed by atoms with Gasteiger partial charge < -0.3 is 10.6 Å². The molecule has 0 bridgehead atoms. The van der Waals surface area contributed by atoms with E-state index < -0.39 is 0 Å². The van der Waals surface area contributed by atoms with E-state index in [4.69, 9.17) is 0 Å². The number of aryl methyl sites for hydroxylation is 1. The van der Waals surface area contributed by atoms with Gasteiger partial charge in [0.1, 0.15) is 16.6 Å². The highest BCUT2D eigenvalue weighted by Crippen LogP contribution is 2.28. The van der Waals surface area contributed by atoms with E-state index in [1.54, 1.807) is 17.5 Å². The Labute approximate surface area is 139 Å².